The fourth-order valence-electron chi connectivity index (χ4n) is 0.139. The van der Waals surface area contributed by atoms with Crippen LogP contribution in [0.3, 0.4) is 0 Å². The van der Waals surface area contributed by atoms with E-state index in [0.717, 1.165) is 0 Å². The Kier molecular flexibility index (Phi) is 4.40. The molecule has 2 heteroatoms. The molecule has 0 spiro atoms. The summed E-state index contributed by atoms with van der Waals surface area (Å²) >= 11 is 0. The van der Waals surface area contributed by atoms with Gasteiger partial charge < -0.3 is 0 Å². The first-order valence-corrected chi connectivity index (χ1v) is 1.79. The third-order valence-electron chi connectivity index (χ3n) is 0.406. The number of nitrogens with zero attached hydrogens (tertiary/aromatic N) is 1. The van der Waals surface area contributed by atoms with Crippen LogP contribution in [-0.2, 0) is 4.84 Å². The summed E-state index contributed by atoms with van der Waals surface area (Å²) in [4.78, 5) is 3.70. The van der Waals surface area contributed by atoms with Gasteiger partial charge in [-0.15, -0.1) is 0 Å². The smallest absolute Gasteiger partial charge is 0.0901 e. The van der Waals surface area contributed by atoms with Crippen LogP contribution in [0.1, 0.15) is 6.92 Å². The predicted molar refractivity (Wildman–Crippen MR) is 22.9 cm³/mol. The molecule has 0 heterocycles. The highest BCUT2D eigenvalue weighted by Crippen LogP contribution is 1.67. The monoisotopic (exact) mass is 85.1 g/mol. The van der Waals surface area contributed by atoms with E-state index in [9.17, 15) is 0 Å². The molecule has 0 aliphatic rings. The zero-order valence-corrected chi connectivity index (χ0v) is 3.72. The quantitative estimate of drug-likeness (QED) is 0.356. The Morgan fingerprint density at radius 2 is 2.50 bits per heavy atom. The average molecular weight is 85.1 g/mol. The van der Waals surface area contributed by atoms with Crippen LogP contribution in [0.4, 0.5) is 0 Å². The second-order valence-electron chi connectivity index (χ2n) is 0.865. The predicted octanol–water partition coefficient (Wildman–Crippen LogP) is 0.563. The summed E-state index contributed by atoms with van der Waals surface area (Å²) in [5.74, 6) is 7.65. The van der Waals surface area contributed by atoms with Crippen LogP contribution in [0.2, 0.25) is 0 Å². The van der Waals surface area contributed by atoms with Crippen molar-refractivity contribution >= 4 is 0 Å². The standard InChI is InChI=1S/C4H7NO/c1-2-3-4-6-5/h2-3H,4H2,1H3/b3-2+. The molecule has 0 saturated heterocycles. The fraction of sp³-hybridized carbons (Fsp3) is 0.500. The molecule has 0 aromatic carbocycles. The van der Waals surface area contributed by atoms with Gasteiger partial charge in [0.15, 0.2) is 0 Å². The molecule has 0 fully saturated rings. The van der Waals surface area contributed by atoms with Gasteiger partial charge in [0, 0.05) is 5.90 Å². The van der Waals surface area contributed by atoms with E-state index in [2.05, 4.69) is 4.84 Å². The van der Waals surface area contributed by atoms with Gasteiger partial charge in [-0.2, -0.15) is 0 Å². The fourth-order valence-corrected chi connectivity index (χ4v) is 0.139. The average Bonchev–Trinajstić information content (AvgIpc) is 1.61. The van der Waals surface area contributed by atoms with E-state index in [1.54, 1.807) is 12.2 Å². The molecule has 34 valence electrons. The lowest BCUT2D eigenvalue weighted by Crippen LogP contribution is -1.82. The molecular formula is C4H7NO. The van der Waals surface area contributed by atoms with E-state index in [1.807, 2.05) is 6.92 Å². The van der Waals surface area contributed by atoms with E-state index in [4.69, 9.17) is 5.90 Å². The van der Waals surface area contributed by atoms with Crippen molar-refractivity contribution in [3.8, 4) is 0 Å². The van der Waals surface area contributed by atoms with Crippen LogP contribution < -0.4 is 5.90 Å². The minimum atomic E-state index is 0.288. The van der Waals surface area contributed by atoms with Gasteiger partial charge in [0.25, 0.3) is 0 Å². The van der Waals surface area contributed by atoms with Gasteiger partial charge >= 0.3 is 0 Å². The Bertz CT molecular complexity index is 42.8. The van der Waals surface area contributed by atoms with Gasteiger partial charge in [0.2, 0.25) is 0 Å². The SMILES string of the molecule is C/C=C/CO[N]. The molecule has 0 bridgehead atoms. The van der Waals surface area contributed by atoms with Crippen molar-refractivity contribution in [1.29, 1.82) is 0 Å². The highest BCUT2D eigenvalue weighted by atomic mass is 16.6. The van der Waals surface area contributed by atoms with Crippen molar-refractivity contribution in [3.05, 3.63) is 12.2 Å². The Hall–Kier alpha value is -0.340. The molecule has 0 rings (SSSR count). The van der Waals surface area contributed by atoms with E-state index in [0.29, 0.717) is 0 Å². The summed E-state index contributed by atoms with van der Waals surface area (Å²) in [6, 6.07) is 0. The summed E-state index contributed by atoms with van der Waals surface area (Å²) in [5.41, 5.74) is 0. The number of hydrogen-bond donors (Lipinski definition) is 0. The molecule has 0 amide bonds. The van der Waals surface area contributed by atoms with Crippen molar-refractivity contribution in [2.45, 2.75) is 6.92 Å². The van der Waals surface area contributed by atoms with Crippen molar-refractivity contribution in [2.75, 3.05) is 6.61 Å². The van der Waals surface area contributed by atoms with E-state index >= 15 is 0 Å². The highest BCUT2D eigenvalue weighted by molar-refractivity contribution is 4.75. The third-order valence-corrected chi connectivity index (χ3v) is 0.406. The van der Waals surface area contributed by atoms with Crippen LogP contribution in [0.25, 0.3) is 0 Å². The zero-order valence-electron chi connectivity index (χ0n) is 3.72. The zero-order chi connectivity index (χ0) is 4.83. The summed E-state index contributed by atoms with van der Waals surface area (Å²) in [7, 11) is 0. The molecule has 0 unspecified atom stereocenters. The maximum absolute atomic E-state index is 7.65. The normalized spacial score (nSPS) is 10.3. The molecule has 0 aliphatic carbocycles. The maximum Gasteiger partial charge on any atom is 0.0901 e. The maximum atomic E-state index is 7.65. The molecule has 0 aromatic rings. The van der Waals surface area contributed by atoms with Crippen molar-refractivity contribution in [3.63, 3.8) is 0 Å². The number of hydrogen-bond acceptors (Lipinski definition) is 1. The molecule has 0 saturated carbocycles. The molecule has 2 radical (unpaired) electrons. The van der Waals surface area contributed by atoms with Gasteiger partial charge in [-0.3, -0.25) is 4.84 Å². The first-order chi connectivity index (χ1) is 2.91. The number of rotatable bonds is 2. The van der Waals surface area contributed by atoms with Crippen molar-refractivity contribution in [1.82, 2.24) is 5.90 Å². The molecule has 6 heavy (non-hydrogen) atoms. The minimum absolute atomic E-state index is 0.288. The van der Waals surface area contributed by atoms with Gasteiger partial charge in [0.1, 0.15) is 0 Å². The van der Waals surface area contributed by atoms with Crippen LogP contribution in [-0.4, -0.2) is 6.61 Å². The molecule has 2 nitrogen and oxygen atoms in total. The van der Waals surface area contributed by atoms with Gasteiger partial charge in [-0.25, -0.2) is 0 Å². The third kappa shape index (κ3) is 3.66. The van der Waals surface area contributed by atoms with Crippen LogP contribution in [0, 0.1) is 0 Å². The molecule has 0 atom stereocenters. The number of allylic oxidation sites excluding steroid dienone is 1. The lowest BCUT2D eigenvalue weighted by Gasteiger charge is -1.76. The first kappa shape index (κ1) is 5.66. The lowest BCUT2D eigenvalue weighted by molar-refractivity contribution is 0.146. The highest BCUT2D eigenvalue weighted by Gasteiger charge is 1.65. The molecule has 0 aliphatic heterocycles. The topological polar surface area (TPSA) is 31.5 Å². The van der Waals surface area contributed by atoms with Crippen molar-refractivity contribution in [2.24, 2.45) is 0 Å². The van der Waals surface area contributed by atoms with Gasteiger partial charge in [0.05, 0.1) is 6.61 Å². The summed E-state index contributed by atoms with van der Waals surface area (Å²) < 4.78 is 0. The van der Waals surface area contributed by atoms with Gasteiger partial charge in [-0.05, 0) is 6.92 Å². The van der Waals surface area contributed by atoms with Crippen LogP contribution in [0.15, 0.2) is 12.2 Å². The molecule has 0 N–H and O–H groups in total. The Morgan fingerprint density at radius 3 is 2.67 bits per heavy atom. The summed E-state index contributed by atoms with van der Waals surface area (Å²) in [6.07, 6.45) is 3.51. The molecular weight excluding hydrogens is 78.0 g/mol. The Labute approximate surface area is 37.6 Å². The van der Waals surface area contributed by atoms with Crippen LogP contribution >= 0.6 is 0 Å². The van der Waals surface area contributed by atoms with E-state index < -0.39 is 0 Å². The Morgan fingerprint density at radius 1 is 1.83 bits per heavy atom. The summed E-state index contributed by atoms with van der Waals surface area (Å²) in [5, 5.41) is 0. The Balaban J connectivity index is 2.66. The second-order valence-corrected chi connectivity index (χ2v) is 0.865. The van der Waals surface area contributed by atoms with E-state index in [1.165, 1.54) is 0 Å². The summed E-state index contributed by atoms with van der Waals surface area (Å²) in [6.45, 7) is 2.15. The van der Waals surface area contributed by atoms with E-state index in [-0.39, 0.29) is 6.61 Å². The minimum Gasteiger partial charge on any atom is -0.259 e. The first-order valence-electron chi connectivity index (χ1n) is 1.79. The van der Waals surface area contributed by atoms with Crippen molar-refractivity contribution < 1.29 is 4.84 Å². The molecule has 0 aromatic heterocycles. The largest absolute Gasteiger partial charge is 0.259 e. The second kappa shape index (κ2) is 4.66. The van der Waals surface area contributed by atoms with Crippen LogP contribution in [0.5, 0.6) is 0 Å². The van der Waals surface area contributed by atoms with Gasteiger partial charge in [-0.1, -0.05) is 12.2 Å². The lowest BCUT2D eigenvalue weighted by atomic mass is 10.6.